The number of nitrogens with one attached hydrogen (secondary N) is 1. The lowest BCUT2D eigenvalue weighted by Gasteiger charge is -2.35. The minimum Gasteiger partial charge on any atom is -0.354 e. The van der Waals surface area contributed by atoms with Crippen LogP contribution in [0.2, 0.25) is 5.02 Å². The van der Waals surface area contributed by atoms with Crippen LogP contribution in [0.4, 0.5) is 30.5 Å². The van der Waals surface area contributed by atoms with Gasteiger partial charge < -0.3 is 10.2 Å². The second-order valence-corrected chi connectivity index (χ2v) is 8.46. The van der Waals surface area contributed by atoms with Gasteiger partial charge in [0.05, 0.1) is 23.5 Å². The lowest BCUT2D eigenvalue weighted by molar-refractivity contribution is -0.146. The number of aryl methyl sites for hydroxylation is 1. The van der Waals surface area contributed by atoms with Gasteiger partial charge in [-0.1, -0.05) is 23.7 Å². The maximum absolute atomic E-state index is 12.7. The highest BCUT2D eigenvalue weighted by Crippen LogP contribution is 2.31. The van der Waals surface area contributed by atoms with Crippen LogP contribution in [-0.4, -0.2) is 63.2 Å². The largest absolute Gasteiger partial charge is 0.401 e. The Labute approximate surface area is 192 Å². The smallest absolute Gasteiger partial charge is 0.354 e. The zero-order valence-corrected chi connectivity index (χ0v) is 18.5. The number of hydrogen-bond donors (Lipinski definition) is 1. The van der Waals surface area contributed by atoms with Crippen molar-refractivity contribution in [1.82, 2.24) is 24.3 Å². The molecule has 1 saturated heterocycles. The average Bonchev–Trinajstić information content (AvgIpc) is 3.26. The summed E-state index contributed by atoms with van der Waals surface area (Å²) in [6.45, 7) is 2.69. The van der Waals surface area contributed by atoms with Crippen LogP contribution in [0, 0.1) is 6.92 Å². The van der Waals surface area contributed by atoms with E-state index in [9.17, 15) is 13.2 Å². The van der Waals surface area contributed by atoms with Gasteiger partial charge in [0.25, 0.3) is 0 Å². The number of para-hydroxylation sites is 1. The summed E-state index contributed by atoms with van der Waals surface area (Å²) in [4.78, 5) is 17.2. The SMILES string of the molecule is Cc1cccc(Cl)c1Nc1nc2ccc(N3CCN(CC(F)(F)F)CC3)nc2n2cncc12. The van der Waals surface area contributed by atoms with E-state index >= 15 is 0 Å². The van der Waals surface area contributed by atoms with Gasteiger partial charge >= 0.3 is 6.18 Å². The number of rotatable bonds is 4. The molecule has 0 bridgehead atoms. The third-order valence-corrected chi connectivity index (χ3v) is 6.06. The van der Waals surface area contributed by atoms with Gasteiger partial charge in [-0.15, -0.1) is 0 Å². The molecule has 0 spiro atoms. The van der Waals surface area contributed by atoms with Crippen molar-refractivity contribution in [1.29, 1.82) is 0 Å². The summed E-state index contributed by atoms with van der Waals surface area (Å²) in [5, 5.41) is 3.91. The van der Waals surface area contributed by atoms with E-state index in [0.717, 1.165) is 16.8 Å². The Morgan fingerprint density at radius 3 is 2.58 bits per heavy atom. The number of aromatic nitrogens is 4. The van der Waals surface area contributed by atoms with Gasteiger partial charge in [0.15, 0.2) is 11.5 Å². The van der Waals surface area contributed by atoms with Gasteiger partial charge in [-0.05, 0) is 30.7 Å². The summed E-state index contributed by atoms with van der Waals surface area (Å²) in [6.07, 6.45) is -0.816. The van der Waals surface area contributed by atoms with Gasteiger partial charge in [0.1, 0.15) is 23.2 Å². The molecule has 172 valence electrons. The molecule has 0 radical (unpaired) electrons. The molecular formula is C22H21ClF3N7. The van der Waals surface area contributed by atoms with E-state index in [4.69, 9.17) is 21.6 Å². The fourth-order valence-corrected chi connectivity index (χ4v) is 4.35. The third-order valence-electron chi connectivity index (χ3n) is 5.75. The molecule has 1 aromatic carbocycles. The predicted molar refractivity (Wildman–Crippen MR) is 122 cm³/mol. The van der Waals surface area contributed by atoms with E-state index in [2.05, 4.69) is 10.3 Å². The van der Waals surface area contributed by atoms with Crippen LogP contribution < -0.4 is 10.2 Å². The molecule has 5 rings (SSSR count). The fourth-order valence-electron chi connectivity index (χ4n) is 4.08. The summed E-state index contributed by atoms with van der Waals surface area (Å²) in [7, 11) is 0. The molecule has 0 atom stereocenters. The van der Waals surface area contributed by atoms with Crippen molar-refractivity contribution in [3.8, 4) is 0 Å². The van der Waals surface area contributed by atoms with E-state index in [-0.39, 0.29) is 0 Å². The van der Waals surface area contributed by atoms with E-state index in [0.29, 0.717) is 54.0 Å². The van der Waals surface area contributed by atoms with Crippen LogP contribution >= 0.6 is 11.6 Å². The molecule has 4 heterocycles. The Bertz CT molecular complexity index is 1290. The van der Waals surface area contributed by atoms with Gasteiger partial charge in [-0.3, -0.25) is 9.30 Å². The van der Waals surface area contributed by atoms with E-state index in [1.165, 1.54) is 4.90 Å². The molecule has 3 aromatic heterocycles. The lowest BCUT2D eigenvalue weighted by atomic mass is 10.2. The van der Waals surface area contributed by atoms with Crippen molar-refractivity contribution in [3.05, 3.63) is 53.4 Å². The number of imidazole rings is 1. The molecule has 33 heavy (non-hydrogen) atoms. The zero-order chi connectivity index (χ0) is 23.2. The summed E-state index contributed by atoms with van der Waals surface area (Å²) in [6, 6.07) is 9.38. The van der Waals surface area contributed by atoms with Crippen molar-refractivity contribution in [2.24, 2.45) is 0 Å². The highest BCUT2D eigenvalue weighted by atomic mass is 35.5. The highest BCUT2D eigenvalue weighted by Gasteiger charge is 2.32. The van der Waals surface area contributed by atoms with Crippen molar-refractivity contribution >= 4 is 45.6 Å². The number of piperazine rings is 1. The van der Waals surface area contributed by atoms with Crippen LogP contribution in [0.25, 0.3) is 16.7 Å². The molecule has 0 saturated carbocycles. The second kappa shape index (κ2) is 8.35. The zero-order valence-electron chi connectivity index (χ0n) is 17.8. The van der Waals surface area contributed by atoms with E-state index < -0.39 is 12.7 Å². The Hall–Kier alpha value is -3.11. The Morgan fingerprint density at radius 1 is 1.06 bits per heavy atom. The quantitative estimate of drug-likeness (QED) is 0.463. The summed E-state index contributed by atoms with van der Waals surface area (Å²) in [5.41, 5.74) is 3.78. The van der Waals surface area contributed by atoms with Crippen molar-refractivity contribution in [2.45, 2.75) is 13.1 Å². The van der Waals surface area contributed by atoms with Gasteiger partial charge in [-0.2, -0.15) is 13.2 Å². The van der Waals surface area contributed by atoms with Crippen LogP contribution in [0.3, 0.4) is 0 Å². The summed E-state index contributed by atoms with van der Waals surface area (Å²) in [5.74, 6) is 1.31. The maximum Gasteiger partial charge on any atom is 0.401 e. The first-order valence-corrected chi connectivity index (χ1v) is 10.9. The summed E-state index contributed by atoms with van der Waals surface area (Å²) >= 11 is 6.38. The van der Waals surface area contributed by atoms with Crippen molar-refractivity contribution < 1.29 is 13.2 Å². The Balaban J connectivity index is 1.45. The number of benzene rings is 1. The topological polar surface area (TPSA) is 61.6 Å². The second-order valence-electron chi connectivity index (χ2n) is 8.06. The normalized spacial score (nSPS) is 15.5. The van der Waals surface area contributed by atoms with E-state index in [1.807, 2.05) is 46.6 Å². The van der Waals surface area contributed by atoms with Crippen molar-refractivity contribution in [2.75, 3.05) is 42.9 Å². The standard InChI is InChI=1S/C22H21ClF3N7/c1-14-3-2-4-15(23)19(14)30-20-17-11-27-13-33(17)21-16(28-20)5-6-18(29-21)32-9-7-31(8-10-32)12-22(24,25)26/h2-6,11,13H,7-10,12H2,1H3,(H,28,30). The molecule has 0 amide bonds. The fraction of sp³-hybridized carbons (Fsp3) is 0.318. The molecule has 4 aromatic rings. The number of hydrogen-bond acceptors (Lipinski definition) is 6. The van der Waals surface area contributed by atoms with Crippen LogP contribution in [-0.2, 0) is 0 Å². The maximum atomic E-state index is 12.7. The minimum absolute atomic E-state index is 0.331. The van der Waals surface area contributed by atoms with E-state index in [1.54, 1.807) is 12.5 Å². The number of halogens is 4. The molecule has 7 nitrogen and oxygen atoms in total. The molecular weight excluding hydrogens is 455 g/mol. The number of fused-ring (bicyclic) bond motifs is 3. The summed E-state index contributed by atoms with van der Waals surface area (Å²) < 4.78 is 39.9. The highest BCUT2D eigenvalue weighted by molar-refractivity contribution is 6.33. The van der Waals surface area contributed by atoms with Crippen LogP contribution in [0.1, 0.15) is 5.56 Å². The average molecular weight is 476 g/mol. The first-order valence-electron chi connectivity index (χ1n) is 10.5. The predicted octanol–water partition coefficient (Wildman–Crippen LogP) is 4.67. The lowest BCUT2D eigenvalue weighted by Crippen LogP contribution is -2.49. The Kier molecular flexibility index (Phi) is 5.49. The minimum atomic E-state index is -4.18. The van der Waals surface area contributed by atoms with Gasteiger partial charge in [-0.25, -0.2) is 15.0 Å². The first kappa shape index (κ1) is 21.7. The van der Waals surface area contributed by atoms with Gasteiger partial charge in [0, 0.05) is 26.2 Å². The molecule has 1 aliphatic rings. The number of anilines is 3. The Morgan fingerprint density at radius 2 is 1.85 bits per heavy atom. The van der Waals surface area contributed by atoms with Crippen molar-refractivity contribution in [3.63, 3.8) is 0 Å². The molecule has 1 aliphatic heterocycles. The molecule has 0 aliphatic carbocycles. The number of nitrogens with zero attached hydrogens (tertiary/aromatic N) is 6. The monoisotopic (exact) mass is 475 g/mol. The van der Waals surface area contributed by atoms with Crippen LogP contribution in [0.15, 0.2) is 42.9 Å². The first-order chi connectivity index (χ1) is 15.8. The molecule has 1 fully saturated rings. The number of pyridine rings is 1. The molecule has 1 N–H and O–H groups in total. The number of alkyl halides is 3. The van der Waals surface area contributed by atoms with Crippen LogP contribution in [0.5, 0.6) is 0 Å². The third kappa shape index (κ3) is 4.40. The molecule has 0 unspecified atom stereocenters. The molecule has 11 heteroatoms. The van der Waals surface area contributed by atoms with Gasteiger partial charge in [0.2, 0.25) is 0 Å².